The number of rotatable bonds is 3. The summed E-state index contributed by atoms with van der Waals surface area (Å²) in [4.78, 5) is 27.7. The van der Waals surface area contributed by atoms with Crippen molar-refractivity contribution < 1.29 is 9.59 Å². The normalized spacial score (nSPS) is 17.5. The summed E-state index contributed by atoms with van der Waals surface area (Å²) in [6.07, 6.45) is 1.47. The third-order valence-corrected chi connectivity index (χ3v) is 4.89. The Morgan fingerprint density at radius 3 is 2.62 bits per heavy atom. The van der Waals surface area contributed by atoms with E-state index in [-0.39, 0.29) is 17.9 Å². The van der Waals surface area contributed by atoms with E-state index in [1.807, 2.05) is 4.90 Å². The van der Waals surface area contributed by atoms with Gasteiger partial charge in [-0.25, -0.2) is 4.79 Å². The summed E-state index contributed by atoms with van der Waals surface area (Å²) in [7, 11) is 3.51. The van der Waals surface area contributed by atoms with Crippen molar-refractivity contribution in [3.63, 3.8) is 0 Å². The van der Waals surface area contributed by atoms with Gasteiger partial charge in [0.15, 0.2) is 0 Å². The fourth-order valence-electron chi connectivity index (χ4n) is 3.41. The third kappa shape index (κ3) is 3.70. The maximum atomic E-state index is 12.4. The number of carbonyl (C=O) groups excluding carboxylic acids is 2. The van der Waals surface area contributed by atoms with Gasteiger partial charge in [0.1, 0.15) is 0 Å². The highest BCUT2D eigenvalue weighted by Gasteiger charge is 2.27. The van der Waals surface area contributed by atoms with E-state index in [0.29, 0.717) is 19.6 Å². The van der Waals surface area contributed by atoms with Crippen molar-refractivity contribution in [3.05, 3.63) is 34.9 Å². The van der Waals surface area contributed by atoms with Crippen molar-refractivity contribution in [2.24, 2.45) is 5.92 Å². The molecule has 0 aromatic heterocycles. The van der Waals surface area contributed by atoms with Crippen molar-refractivity contribution in [2.45, 2.75) is 32.5 Å². The van der Waals surface area contributed by atoms with Gasteiger partial charge < -0.3 is 20.4 Å². The molecular weight excluding hydrogens is 304 g/mol. The summed E-state index contributed by atoms with van der Waals surface area (Å²) < 4.78 is 0. The maximum absolute atomic E-state index is 12.4. The predicted molar refractivity (Wildman–Crippen MR) is 92.2 cm³/mol. The summed E-state index contributed by atoms with van der Waals surface area (Å²) in [5.41, 5.74) is 3.83. The van der Waals surface area contributed by atoms with E-state index < -0.39 is 0 Å². The van der Waals surface area contributed by atoms with Gasteiger partial charge in [-0.1, -0.05) is 18.2 Å². The highest BCUT2D eigenvalue weighted by molar-refractivity contribution is 5.79. The van der Waals surface area contributed by atoms with E-state index >= 15 is 0 Å². The molecule has 6 nitrogen and oxygen atoms in total. The molecule has 24 heavy (non-hydrogen) atoms. The van der Waals surface area contributed by atoms with E-state index in [2.05, 4.69) is 28.8 Å². The summed E-state index contributed by atoms with van der Waals surface area (Å²) in [5, 5.41) is 6.38. The van der Waals surface area contributed by atoms with Gasteiger partial charge in [-0.05, 0) is 29.5 Å². The predicted octanol–water partition coefficient (Wildman–Crippen LogP) is 1.30. The fourth-order valence-corrected chi connectivity index (χ4v) is 3.41. The van der Waals surface area contributed by atoms with Crippen LogP contribution in [0.3, 0.4) is 0 Å². The Bertz CT molecular complexity index is 621. The molecule has 0 saturated carbocycles. The van der Waals surface area contributed by atoms with Crippen LogP contribution in [0.1, 0.15) is 29.5 Å². The summed E-state index contributed by atoms with van der Waals surface area (Å²) in [5.74, 6) is 0.109. The van der Waals surface area contributed by atoms with E-state index in [9.17, 15) is 9.59 Å². The lowest BCUT2D eigenvalue weighted by Crippen LogP contribution is -2.46. The molecule has 0 unspecified atom stereocenters. The highest BCUT2D eigenvalue weighted by Crippen LogP contribution is 2.19. The first-order valence-corrected chi connectivity index (χ1v) is 8.60. The van der Waals surface area contributed by atoms with Crippen molar-refractivity contribution in [3.8, 4) is 0 Å². The zero-order valence-electron chi connectivity index (χ0n) is 14.5. The van der Waals surface area contributed by atoms with Gasteiger partial charge in [-0.2, -0.15) is 0 Å². The maximum Gasteiger partial charge on any atom is 0.319 e. The first kappa shape index (κ1) is 16.8. The van der Waals surface area contributed by atoms with Gasteiger partial charge in [-0.3, -0.25) is 4.79 Å². The number of nitrogens with zero attached hydrogens (tertiary/aromatic N) is 2. The van der Waals surface area contributed by atoms with Crippen LogP contribution in [0.2, 0.25) is 0 Å². The molecule has 0 atom stereocenters. The standard InChI is InChI=1S/C18H26N4O2/c1-21(2)18(24)22-7-5-14(6-8-22)17(23)20-10-13-3-4-15-11-19-12-16(15)9-13/h3-4,9,14,19H,5-8,10-12H2,1-2H3,(H,20,23). The Morgan fingerprint density at radius 2 is 1.92 bits per heavy atom. The molecule has 6 heteroatoms. The molecular formula is C18H26N4O2. The van der Waals surface area contributed by atoms with Crippen molar-refractivity contribution in [1.82, 2.24) is 20.4 Å². The van der Waals surface area contributed by atoms with Crippen LogP contribution in [0.15, 0.2) is 18.2 Å². The molecule has 0 radical (unpaired) electrons. The molecule has 1 saturated heterocycles. The Morgan fingerprint density at radius 1 is 1.21 bits per heavy atom. The lowest BCUT2D eigenvalue weighted by molar-refractivity contribution is -0.126. The second-order valence-corrected chi connectivity index (χ2v) is 6.86. The first-order valence-electron chi connectivity index (χ1n) is 8.60. The SMILES string of the molecule is CN(C)C(=O)N1CCC(C(=O)NCc2ccc3c(c2)CNC3)CC1. The number of urea groups is 1. The Kier molecular flexibility index (Phi) is 5.04. The van der Waals surface area contributed by atoms with Gasteiger partial charge in [0, 0.05) is 52.7 Å². The van der Waals surface area contributed by atoms with E-state index in [1.54, 1.807) is 19.0 Å². The summed E-state index contributed by atoms with van der Waals surface area (Å²) in [6, 6.07) is 6.43. The number of hydrogen-bond donors (Lipinski definition) is 2. The zero-order chi connectivity index (χ0) is 17.1. The highest BCUT2D eigenvalue weighted by atomic mass is 16.2. The minimum Gasteiger partial charge on any atom is -0.352 e. The fraction of sp³-hybridized carbons (Fsp3) is 0.556. The van der Waals surface area contributed by atoms with Crippen molar-refractivity contribution in [1.29, 1.82) is 0 Å². The molecule has 1 aromatic rings. The number of amides is 3. The lowest BCUT2D eigenvalue weighted by atomic mass is 9.96. The molecule has 130 valence electrons. The number of likely N-dealkylation sites (tertiary alicyclic amines) is 1. The monoisotopic (exact) mass is 330 g/mol. The largest absolute Gasteiger partial charge is 0.352 e. The molecule has 2 aliphatic heterocycles. The molecule has 2 N–H and O–H groups in total. The number of fused-ring (bicyclic) bond motifs is 1. The Hall–Kier alpha value is -2.08. The molecule has 1 fully saturated rings. The number of carbonyl (C=O) groups is 2. The summed E-state index contributed by atoms with van der Waals surface area (Å²) >= 11 is 0. The second kappa shape index (κ2) is 7.21. The van der Waals surface area contributed by atoms with Gasteiger partial charge in [-0.15, -0.1) is 0 Å². The van der Waals surface area contributed by atoms with Crippen LogP contribution in [0.5, 0.6) is 0 Å². The minimum atomic E-state index is 0.00676. The van der Waals surface area contributed by atoms with Crippen molar-refractivity contribution in [2.75, 3.05) is 27.2 Å². The van der Waals surface area contributed by atoms with Crippen molar-refractivity contribution >= 4 is 11.9 Å². The third-order valence-electron chi connectivity index (χ3n) is 4.89. The minimum absolute atomic E-state index is 0.00676. The molecule has 2 heterocycles. The van der Waals surface area contributed by atoms with Crippen LogP contribution in [0.25, 0.3) is 0 Å². The van der Waals surface area contributed by atoms with Gasteiger partial charge >= 0.3 is 6.03 Å². The molecule has 0 spiro atoms. The molecule has 1 aromatic carbocycles. The summed E-state index contributed by atoms with van der Waals surface area (Å²) in [6.45, 7) is 3.73. The zero-order valence-corrected chi connectivity index (χ0v) is 14.5. The van der Waals surface area contributed by atoms with Crippen LogP contribution in [0, 0.1) is 5.92 Å². The number of hydrogen-bond acceptors (Lipinski definition) is 3. The van der Waals surface area contributed by atoms with Crippen LogP contribution in [-0.2, 0) is 24.4 Å². The number of piperidine rings is 1. The lowest BCUT2D eigenvalue weighted by Gasteiger charge is -2.33. The smallest absolute Gasteiger partial charge is 0.319 e. The van der Waals surface area contributed by atoms with Crippen LogP contribution >= 0.6 is 0 Å². The van der Waals surface area contributed by atoms with E-state index in [0.717, 1.165) is 31.5 Å². The van der Waals surface area contributed by atoms with Gasteiger partial charge in [0.05, 0.1) is 0 Å². The molecule has 3 amide bonds. The van der Waals surface area contributed by atoms with Crippen LogP contribution in [-0.4, -0.2) is 48.9 Å². The van der Waals surface area contributed by atoms with Crippen LogP contribution in [0.4, 0.5) is 4.79 Å². The van der Waals surface area contributed by atoms with Crippen LogP contribution < -0.4 is 10.6 Å². The Labute approximate surface area is 143 Å². The average Bonchev–Trinajstić information content (AvgIpc) is 3.06. The number of nitrogens with one attached hydrogen (secondary N) is 2. The molecule has 0 aliphatic carbocycles. The Balaban J connectivity index is 1.47. The molecule has 2 aliphatic rings. The molecule has 0 bridgehead atoms. The molecule has 3 rings (SSSR count). The average molecular weight is 330 g/mol. The van der Waals surface area contributed by atoms with E-state index in [1.165, 1.54) is 11.1 Å². The number of benzene rings is 1. The van der Waals surface area contributed by atoms with Gasteiger partial charge in [0.25, 0.3) is 0 Å². The van der Waals surface area contributed by atoms with Gasteiger partial charge in [0.2, 0.25) is 5.91 Å². The second-order valence-electron chi connectivity index (χ2n) is 6.86. The van der Waals surface area contributed by atoms with E-state index in [4.69, 9.17) is 0 Å². The first-order chi connectivity index (χ1) is 11.5. The topological polar surface area (TPSA) is 64.7 Å². The quantitative estimate of drug-likeness (QED) is 0.878.